The summed E-state index contributed by atoms with van der Waals surface area (Å²) in [5.41, 5.74) is -0.316. The van der Waals surface area contributed by atoms with Crippen LogP contribution in [0.25, 0.3) is 5.65 Å². The van der Waals surface area contributed by atoms with Crippen LogP contribution in [0.2, 0.25) is 0 Å². The molecule has 0 bridgehead atoms. The highest BCUT2D eigenvalue weighted by molar-refractivity contribution is 9.10. The number of halogens is 1. The van der Waals surface area contributed by atoms with E-state index in [1.54, 1.807) is 20.8 Å². The molecule has 0 aliphatic carbocycles. The number of carbonyl (C=O) groups is 2. The minimum Gasteiger partial charge on any atom is -0.443 e. The van der Waals surface area contributed by atoms with E-state index in [1.807, 2.05) is 11.4 Å². The van der Waals surface area contributed by atoms with Crippen LogP contribution in [0.5, 0.6) is 5.88 Å². The molecule has 0 aromatic carbocycles. The molecule has 0 fully saturated rings. The fourth-order valence-corrected chi connectivity index (χ4v) is 1.91. The number of fused-ring (bicyclic) bond motifs is 1. The Morgan fingerprint density at radius 2 is 2.04 bits per heavy atom. The Labute approximate surface area is 139 Å². The first-order valence-electron chi connectivity index (χ1n) is 6.35. The monoisotopic (exact) mass is 381 g/mol. The van der Waals surface area contributed by atoms with Gasteiger partial charge in [0, 0.05) is 6.20 Å². The summed E-state index contributed by atoms with van der Waals surface area (Å²) in [6, 6.07) is 1.92. The quantitative estimate of drug-likeness (QED) is 0.804. The van der Waals surface area contributed by atoms with Gasteiger partial charge in [-0.3, -0.25) is 0 Å². The maximum Gasteiger partial charge on any atom is 0.423 e. The largest absolute Gasteiger partial charge is 0.443 e. The van der Waals surface area contributed by atoms with Gasteiger partial charge in [-0.15, -0.1) is 0 Å². The van der Waals surface area contributed by atoms with E-state index in [-0.39, 0.29) is 17.1 Å². The van der Waals surface area contributed by atoms with Gasteiger partial charge in [0.15, 0.2) is 5.65 Å². The summed E-state index contributed by atoms with van der Waals surface area (Å²) in [6.45, 7) is 4.98. The lowest BCUT2D eigenvalue weighted by Crippen LogP contribution is -2.38. The highest BCUT2D eigenvalue weighted by Crippen LogP contribution is 2.25. The minimum absolute atomic E-state index is 0.0300. The number of nitriles is 1. The average molecular weight is 382 g/mol. The minimum atomic E-state index is -1.05. The maximum atomic E-state index is 11.8. The Morgan fingerprint density at radius 1 is 1.35 bits per heavy atom. The standard InChI is InChI=1S/C13H12BrN5O4/c1-13(2,3)23-12(21)18-11(20)22-10-8(14)6-16-9-7(4-15)5-17-19(9)10/h5-6H,1-3H3,(H,18,20,21). The molecule has 1 N–H and O–H groups in total. The Balaban J connectivity index is 2.20. The van der Waals surface area contributed by atoms with E-state index in [1.165, 1.54) is 12.4 Å². The number of amides is 2. The molecule has 2 amide bonds. The van der Waals surface area contributed by atoms with Crippen LogP contribution in [-0.4, -0.2) is 32.4 Å². The summed E-state index contributed by atoms with van der Waals surface area (Å²) in [5, 5.41) is 14.8. The fourth-order valence-electron chi connectivity index (χ4n) is 1.56. The predicted molar refractivity (Wildman–Crippen MR) is 80.8 cm³/mol. The molecule has 2 aromatic heterocycles. The molecule has 0 saturated carbocycles. The molecule has 0 saturated heterocycles. The first kappa shape index (κ1) is 16.7. The van der Waals surface area contributed by atoms with Crippen LogP contribution in [0.1, 0.15) is 26.3 Å². The zero-order valence-corrected chi connectivity index (χ0v) is 14.0. The first-order valence-corrected chi connectivity index (χ1v) is 7.14. The highest BCUT2D eigenvalue weighted by atomic mass is 79.9. The molecule has 120 valence electrons. The summed E-state index contributed by atoms with van der Waals surface area (Å²) >= 11 is 3.16. The number of alkyl carbamates (subject to hydrolysis) is 1. The van der Waals surface area contributed by atoms with Gasteiger partial charge in [0.1, 0.15) is 17.2 Å². The van der Waals surface area contributed by atoms with Crippen molar-refractivity contribution in [1.82, 2.24) is 19.9 Å². The highest BCUT2D eigenvalue weighted by Gasteiger charge is 2.21. The van der Waals surface area contributed by atoms with Crippen molar-refractivity contribution in [2.75, 3.05) is 0 Å². The SMILES string of the molecule is CC(C)(C)OC(=O)NC(=O)Oc1c(Br)cnc2c(C#N)cnn12. The van der Waals surface area contributed by atoms with Crippen molar-refractivity contribution in [2.24, 2.45) is 0 Å². The third kappa shape index (κ3) is 3.95. The number of aromatic nitrogens is 3. The third-order valence-corrected chi connectivity index (χ3v) is 2.90. The second kappa shape index (κ2) is 6.21. The third-order valence-electron chi connectivity index (χ3n) is 2.35. The van der Waals surface area contributed by atoms with Gasteiger partial charge in [0.05, 0.1) is 10.7 Å². The number of hydrogen-bond acceptors (Lipinski definition) is 7. The molecule has 0 aliphatic rings. The van der Waals surface area contributed by atoms with E-state index in [0.29, 0.717) is 4.47 Å². The topological polar surface area (TPSA) is 119 Å². The molecule has 0 unspecified atom stereocenters. The van der Waals surface area contributed by atoms with Gasteiger partial charge in [0.25, 0.3) is 0 Å². The second-order valence-electron chi connectivity index (χ2n) is 5.33. The van der Waals surface area contributed by atoms with Gasteiger partial charge in [-0.05, 0) is 36.7 Å². The summed E-state index contributed by atoms with van der Waals surface area (Å²) in [7, 11) is 0. The van der Waals surface area contributed by atoms with Crippen molar-refractivity contribution < 1.29 is 19.1 Å². The average Bonchev–Trinajstić information content (AvgIpc) is 2.82. The number of imide groups is 1. The van der Waals surface area contributed by atoms with E-state index >= 15 is 0 Å². The van der Waals surface area contributed by atoms with Crippen molar-refractivity contribution in [2.45, 2.75) is 26.4 Å². The van der Waals surface area contributed by atoms with Crippen molar-refractivity contribution >= 4 is 33.8 Å². The Bertz CT molecular complexity index is 818. The van der Waals surface area contributed by atoms with E-state index in [2.05, 4.69) is 26.0 Å². The van der Waals surface area contributed by atoms with E-state index in [0.717, 1.165) is 4.52 Å². The van der Waals surface area contributed by atoms with E-state index in [9.17, 15) is 9.59 Å². The Morgan fingerprint density at radius 3 is 2.65 bits per heavy atom. The first-order chi connectivity index (χ1) is 10.7. The number of rotatable bonds is 1. The molecule has 0 atom stereocenters. The van der Waals surface area contributed by atoms with Crippen LogP contribution < -0.4 is 10.1 Å². The van der Waals surface area contributed by atoms with Crippen molar-refractivity contribution in [3.05, 3.63) is 22.4 Å². The van der Waals surface area contributed by atoms with Crippen LogP contribution in [-0.2, 0) is 4.74 Å². The molecule has 2 aromatic rings. The fraction of sp³-hybridized carbons (Fsp3) is 0.308. The van der Waals surface area contributed by atoms with Crippen LogP contribution in [0.15, 0.2) is 16.9 Å². The maximum absolute atomic E-state index is 11.8. The molecule has 0 aliphatic heterocycles. The Hall–Kier alpha value is -2.67. The predicted octanol–water partition coefficient (Wildman–Crippen LogP) is 2.39. The number of carbonyl (C=O) groups excluding carboxylic acids is 2. The zero-order chi connectivity index (χ0) is 17.2. The summed E-state index contributed by atoms with van der Waals surface area (Å²) in [6.07, 6.45) is 0.644. The van der Waals surface area contributed by atoms with Gasteiger partial charge in [-0.25, -0.2) is 19.9 Å². The van der Waals surface area contributed by atoms with Gasteiger partial charge < -0.3 is 9.47 Å². The normalized spacial score (nSPS) is 10.9. The van der Waals surface area contributed by atoms with Crippen molar-refractivity contribution in [3.63, 3.8) is 0 Å². The summed E-state index contributed by atoms with van der Waals surface area (Å²) in [4.78, 5) is 27.4. The molecule has 0 radical (unpaired) electrons. The summed E-state index contributed by atoms with van der Waals surface area (Å²) < 4.78 is 11.5. The molecular formula is C13H12BrN5O4. The molecule has 23 heavy (non-hydrogen) atoms. The molecular weight excluding hydrogens is 370 g/mol. The lowest BCUT2D eigenvalue weighted by atomic mass is 10.2. The van der Waals surface area contributed by atoms with E-state index < -0.39 is 17.8 Å². The van der Waals surface area contributed by atoms with E-state index in [4.69, 9.17) is 14.7 Å². The van der Waals surface area contributed by atoms with Crippen LogP contribution >= 0.6 is 15.9 Å². The molecule has 9 nitrogen and oxygen atoms in total. The lowest BCUT2D eigenvalue weighted by Gasteiger charge is -2.19. The molecule has 0 spiro atoms. The number of nitrogens with one attached hydrogen (secondary N) is 1. The smallest absolute Gasteiger partial charge is 0.423 e. The zero-order valence-electron chi connectivity index (χ0n) is 12.5. The van der Waals surface area contributed by atoms with Crippen molar-refractivity contribution in [1.29, 1.82) is 5.26 Å². The van der Waals surface area contributed by atoms with Crippen LogP contribution in [0.4, 0.5) is 9.59 Å². The van der Waals surface area contributed by atoms with Gasteiger partial charge in [-0.2, -0.15) is 14.9 Å². The molecule has 2 heterocycles. The number of ether oxygens (including phenoxy) is 2. The molecule has 2 rings (SSSR count). The van der Waals surface area contributed by atoms with Gasteiger partial charge in [-0.1, -0.05) is 0 Å². The van der Waals surface area contributed by atoms with Crippen LogP contribution in [0, 0.1) is 11.3 Å². The number of hydrogen-bond donors (Lipinski definition) is 1. The van der Waals surface area contributed by atoms with Crippen LogP contribution in [0.3, 0.4) is 0 Å². The van der Waals surface area contributed by atoms with Gasteiger partial charge >= 0.3 is 12.2 Å². The second-order valence-corrected chi connectivity index (χ2v) is 6.19. The molecule has 10 heteroatoms. The van der Waals surface area contributed by atoms with Crippen molar-refractivity contribution in [3.8, 4) is 11.9 Å². The van der Waals surface area contributed by atoms with Gasteiger partial charge in [0.2, 0.25) is 5.88 Å². The lowest BCUT2D eigenvalue weighted by molar-refractivity contribution is 0.0532. The number of nitrogens with zero attached hydrogens (tertiary/aromatic N) is 4. The summed E-state index contributed by atoms with van der Waals surface area (Å²) in [5.74, 6) is -0.0300. The Kier molecular flexibility index (Phi) is 4.51.